The molecular weight excluding hydrogens is 284 g/mol. The minimum atomic E-state index is -0.203. The smallest absolute Gasteiger partial charge is 0.310 e. The van der Waals surface area contributed by atoms with Gasteiger partial charge in [-0.05, 0) is 35.0 Å². The van der Waals surface area contributed by atoms with E-state index in [0.29, 0.717) is 6.54 Å². The van der Waals surface area contributed by atoms with E-state index in [1.165, 1.54) is 7.11 Å². The van der Waals surface area contributed by atoms with Crippen LogP contribution in [0.4, 0.5) is 5.82 Å². The van der Waals surface area contributed by atoms with Gasteiger partial charge in [0.1, 0.15) is 5.82 Å². The van der Waals surface area contributed by atoms with Gasteiger partial charge in [-0.1, -0.05) is 6.92 Å². The number of anilines is 1. The normalized spacial score (nSPS) is 12.1. The van der Waals surface area contributed by atoms with Crippen LogP contribution in [0.1, 0.15) is 12.6 Å². The van der Waals surface area contributed by atoms with E-state index in [1.807, 2.05) is 37.9 Å². The first kappa shape index (κ1) is 14.0. The van der Waals surface area contributed by atoms with E-state index in [-0.39, 0.29) is 11.9 Å². The fourth-order valence-corrected chi connectivity index (χ4v) is 1.74. The Labute approximate surface area is 110 Å². The zero-order valence-electron chi connectivity index (χ0n) is 10.5. The van der Waals surface area contributed by atoms with E-state index >= 15 is 0 Å². The van der Waals surface area contributed by atoms with Gasteiger partial charge >= 0.3 is 5.97 Å². The molecule has 5 heteroatoms. The third kappa shape index (κ3) is 3.70. The highest BCUT2D eigenvalue weighted by Gasteiger charge is 2.16. The predicted octanol–water partition coefficient (Wildman–Crippen LogP) is 2.40. The molecule has 1 aromatic heterocycles. The number of pyridine rings is 1. The standard InChI is InChI=1S/C12H17BrN2O2/c1-8(12(16)17-4)7-15(3)11-6-5-10(13)9(2)14-11/h5-6,8H,7H2,1-4H3. The Morgan fingerprint density at radius 2 is 2.24 bits per heavy atom. The average molecular weight is 301 g/mol. The molecule has 1 atom stereocenters. The van der Waals surface area contributed by atoms with E-state index in [1.54, 1.807) is 0 Å². The maximum absolute atomic E-state index is 11.3. The van der Waals surface area contributed by atoms with Crippen molar-refractivity contribution in [2.45, 2.75) is 13.8 Å². The molecule has 0 aliphatic heterocycles. The highest BCUT2D eigenvalue weighted by atomic mass is 79.9. The van der Waals surface area contributed by atoms with E-state index in [4.69, 9.17) is 4.74 Å². The van der Waals surface area contributed by atoms with Crippen molar-refractivity contribution in [3.63, 3.8) is 0 Å². The van der Waals surface area contributed by atoms with Gasteiger partial charge < -0.3 is 9.64 Å². The van der Waals surface area contributed by atoms with Crippen LogP contribution in [0.5, 0.6) is 0 Å². The Bertz CT molecular complexity index is 409. The lowest BCUT2D eigenvalue weighted by molar-refractivity contribution is -0.144. The summed E-state index contributed by atoms with van der Waals surface area (Å²) in [5, 5.41) is 0. The van der Waals surface area contributed by atoms with Crippen molar-refractivity contribution in [1.29, 1.82) is 0 Å². The molecule has 0 fully saturated rings. The summed E-state index contributed by atoms with van der Waals surface area (Å²) < 4.78 is 5.68. The summed E-state index contributed by atoms with van der Waals surface area (Å²) in [6, 6.07) is 3.87. The zero-order chi connectivity index (χ0) is 13.0. The van der Waals surface area contributed by atoms with Crippen molar-refractivity contribution in [2.24, 2.45) is 5.92 Å². The quantitative estimate of drug-likeness (QED) is 0.801. The first-order chi connectivity index (χ1) is 7.95. The molecule has 0 aliphatic rings. The first-order valence-corrected chi connectivity index (χ1v) is 6.17. The first-order valence-electron chi connectivity index (χ1n) is 5.37. The molecular formula is C12H17BrN2O2. The number of carbonyl (C=O) groups is 1. The summed E-state index contributed by atoms with van der Waals surface area (Å²) in [6.07, 6.45) is 0. The molecule has 0 N–H and O–H groups in total. The molecule has 0 saturated heterocycles. The summed E-state index contributed by atoms with van der Waals surface area (Å²) >= 11 is 3.41. The molecule has 0 saturated carbocycles. The molecule has 17 heavy (non-hydrogen) atoms. The van der Waals surface area contributed by atoms with Gasteiger partial charge in [-0.15, -0.1) is 0 Å². The number of carbonyl (C=O) groups excluding carboxylic acids is 1. The number of rotatable bonds is 4. The molecule has 0 aromatic carbocycles. The van der Waals surface area contributed by atoms with Crippen LogP contribution in [0.2, 0.25) is 0 Å². The van der Waals surface area contributed by atoms with Gasteiger partial charge in [-0.25, -0.2) is 4.98 Å². The van der Waals surface area contributed by atoms with Crippen molar-refractivity contribution in [1.82, 2.24) is 4.98 Å². The zero-order valence-corrected chi connectivity index (χ0v) is 12.1. The van der Waals surface area contributed by atoms with Crippen molar-refractivity contribution in [2.75, 3.05) is 25.6 Å². The number of hydrogen-bond donors (Lipinski definition) is 0. The molecule has 0 amide bonds. The van der Waals surface area contributed by atoms with Gasteiger partial charge in [0, 0.05) is 18.1 Å². The molecule has 0 radical (unpaired) electrons. The molecule has 1 unspecified atom stereocenters. The van der Waals surface area contributed by atoms with Crippen LogP contribution in [0.3, 0.4) is 0 Å². The molecule has 0 spiro atoms. The van der Waals surface area contributed by atoms with Crippen LogP contribution in [-0.4, -0.2) is 31.7 Å². The van der Waals surface area contributed by atoms with Crippen LogP contribution in [0.15, 0.2) is 16.6 Å². The summed E-state index contributed by atoms with van der Waals surface area (Å²) in [7, 11) is 3.32. The highest BCUT2D eigenvalue weighted by Crippen LogP contribution is 2.19. The lowest BCUT2D eigenvalue weighted by Crippen LogP contribution is -2.29. The fourth-order valence-electron chi connectivity index (χ4n) is 1.52. The van der Waals surface area contributed by atoms with Crippen LogP contribution in [0, 0.1) is 12.8 Å². The SMILES string of the molecule is COC(=O)C(C)CN(C)c1ccc(Br)c(C)n1. The van der Waals surface area contributed by atoms with E-state index in [9.17, 15) is 4.79 Å². The lowest BCUT2D eigenvalue weighted by Gasteiger charge is -2.21. The minimum Gasteiger partial charge on any atom is -0.469 e. The lowest BCUT2D eigenvalue weighted by atomic mass is 10.2. The molecule has 0 bridgehead atoms. The molecule has 1 aromatic rings. The molecule has 1 heterocycles. The molecule has 0 aliphatic carbocycles. The third-order valence-corrected chi connectivity index (χ3v) is 3.39. The summed E-state index contributed by atoms with van der Waals surface area (Å²) in [5.74, 6) is 0.475. The van der Waals surface area contributed by atoms with E-state index in [2.05, 4.69) is 20.9 Å². The number of nitrogens with zero attached hydrogens (tertiary/aromatic N) is 2. The maximum Gasteiger partial charge on any atom is 0.310 e. The number of aryl methyl sites for hydroxylation is 1. The fraction of sp³-hybridized carbons (Fsp3) is 0.500. The van der Waals surface area contributed by atoms with Crippen molar-refractivity contribution in [3.05, 3.63) is 22.3 Å². The number of esters is 1. The number of ether oxygens (including phenoxy) is 1. The second-order valence-corrected chi connectivity index (χ2v) is 4.90. The molecule has 1 rings (SSSR count). The third-order valence-electron chi connectivity index (χ3n) is 2.55. The van der Waals surface area contributed by atoms with Gasteiger partial charge in [0.05, 0.1) is 18.7 Å². The van der Waals surface area contributed by atoms with Crippen molar-refractivity contribution in [3.8, 4) is 0 Å². The number of aromatic nitrogens is 1. The van der Waals surface area contributed by atoms with Crippen molar-refractivity contribution >= 4 is 27.7 Å². The molecule has 4 nitrogen and oxygen atoms in total. The Kier molecular flexibility index (Phi) is 4.93. The second-order valence-electron chi connectivity index (χ2n) is 4.04. The Hall–Kier alpha value is -1.10. The Balaban J connectivity index is 2.72. The van der Waals surface area contributed by atoms with Gasteiger partial charge in [-0.2, -0.15) is 0 Å². The van der Waals surface area contributed by atoms with Gasteiger partial charge in [0.25, 0.3) is 0 Å². The van der Waals surface area contributed by atoms with E-state index < -0.39 is 0 Å². The summed E-state index contributed by atoms with van der Waals surface area (Å²) in [6.45, 7) is 4.36. The van der Waals surface area contributed by atoms with Gasteiger partial charge in [0.2, 0.25) is 0 Å². The summed E-state index contributed by atoms with van der Waals surface area (Å²) in [4.78, 5) is 17.7. The van der Waals surface area contributed by atoms with Gasteiger partial charge in [0.15, 0.2) is 0 Å². The predicted molar refractivity (Wildman–Crippen MR) is 71.1 cm³/mol. The van der Waals surface area contributed by atoms with Crippen LogP contribution in [-0.2, 0) is 9.53 Å². The van der Waals surface area contributed by atoms with Crippen molar-refractivity contribution < 1.29 is 9.53 Å². The van der Waals surface area contributed by atoms with Crippen LogP contribution < -0.4 is 4.90 Å². The number of hydrogen-bond acceptors (Lipinski definition) is 4. The summed E-state index contributed by atoms with van der Waals surface area (Å²) in [5.41, 5.74) is 0.931. The minimum absolute atomic E-state index is 0.171. The average Bonchev–Trinajstić information content (AvgIpc) is 2.31. The molecule has 94 valence electrons. The largest absolute Gasteiger partial charge is 0.469 e. The van der Waals surface area contributed by atoms with E-state index in [0.717, 1.165) is 16.0 Å². The maximum atomic E-state index is 11.3. The number of methoxy groups -OCH3 is 1. The van der Waals surface area contributed by atoms with Crippen LogP contribution >= 0.6 is 15.9 Å². The van der Waals surface area contributed by atoms with Gasteiger partial charge in [-0.3, -0.25) is 4.79 Å². The Morgan fingerprint density at radius 1 is 1.59 bits per heavy atom. The second kappa shape index (κ2) is 6.00. The Morgan fingerprint density at radius 3 is 2.76 bits per heavy atom. The topological polar surface area (TPSA) is 42.4 Å². The monoisotopic (exact) mass is 300 g/mol. The van der Waals surface area contributed by atoms with Crippen LogP contribution in [0.25, 0.3) is 0 Å². The number of halogens is 1. The highest BCUT2D eigenvalue weighted by molar-refractivity contribution is 9.10.